The molecule has 0 N–H and O–H groups in total. The molecule has 0 saturated carbocycles. The van der Waals surface area contributed by atoms with Crippen molar-refractivity contribution in [1.29, 1.82) is 0 Å². The molecule has 0 aliphatic carbocycles. The average Bonchev–Trinajstić information content (AvgIpc) is 2.04. The Bertz CT molecular complexity index is 275. The van der Waals surface area contributed by atoms with Gasteiger partial charge in [0.05, 0.1) is 0 Å². The second kappa shape index (κ2) is 4.65. The van der Waals surface area contributed by atoms with Crippen LogP contribution in [0.25, 0.3) is 0 Å². The maximum absolute atomic E-state index is 4.32. The van der Waals surface area contributed by atoms with E-state index in [2.05, 4.69) is 29.4 Å². The molecule has 0 aromatic heterocycles. The second-order valence-electron chi connectivity index (χ2n) is 3.34. The van der Waals surface area contributed by atoms with Crippen LogP contribution in [0.15, 0.2) is 35.4 Å². The van der Waals surface area contributed by atoms with Crippen LogP contribution in [0.5, 0.6) is 0 Å². The molecule has 0 saturated heterocycles. The summed E-state index contributed by atoms with van der Waals surface area (Å²) in [4.78, 5) is 0. The van der Waals surface area contributed by atoms with Gasteiger partial charge in [-0.05, 0) is 12.5 Å². The third-order valence-electron chi connectivity index (χ3n) is 1.67. The lowest BCUT2D eigenvalue weighted by molar-refractivity contribution is 0.436. The van der Waals surface area contributed by atoms with Crippen LogP contribution in [0.4, 0.5) is 0 Å². The number of hydrogen-bond donors (Lipinski definition) is 0. The van der Waals surface area contributed by atoms with Gasteiger partial charge in [-0.2, -0.15) is 5.10 Å². The first-order valence-electron chi connectivity index (χ1n) is 4.44. The fourth-order valence-corrected chi connectivity index (χ4v) is 1.27. The molecule has 0 fully saturated rings. The average molecular weight is 176 g/mol. The number of nitrogens with zero attached hydrogens (tertiary/aromatic N) is 2. The standard InChI is InChI=1S/C11H16N2/c1-10(12-13(2)3)9-11-7-5-4-6-8-11/h4-8H,9H2,1-3H3. The minimum atomic E-state index is 0.930. The Kier molecular flexibility index (Phi) is 3.50. The molecule has 1 aromatic rings. The summed E-state index contributed by atoms with van der Waals surface area (Å²) in [5.41, 5.74) is 2.45. The fraction of sp³-hybridized carbons (Fsp3) is 0.364. The van der Waals surface area contributed by atoms with Crippen molar-refractivity contribution in [2.75, 3.05) is 14.1 Å². The molecule has 0 unspecified atom stereocenters. The van der Waals surface area contributed by atoms with Crippen LogP contribution >= 0.6 is 0 Å². The smallest absolute Gasteiger partial charge is 0.0393 e. The van der Waals surface area contributed by atoms with E-state index in [0.29, 0.717) is 0 Å². The Balaban J connectivity index is 2.60. The summed E-state index contributed by atoms with van der Waals surface area (Å²) in [6, 6.07) is 10.4. The molecule has 1 aromatic carbocycles. The van der Waals surface area contributed by atoms with Crippen molar-refractivity contribution in [1.82, 2.24) is 5.01 Å². The van der Waals surface area contributed by atoms with Crippen molar-refractivity contribution in [3.05, 3.63) is 35.9 Å². The monoisotopic (exact) mass is 176 g/mol. The summed E-state index contributed by atoms with van der Waals surface area (Å²) in [6.07, 6.45) is 0.930. The van der Waals surface area contributed by atoms with Crippen molar-refractivity contribution in [2.24, 2.45) is 5.10 Å². The predicted molar refractivity (Wildman–Crippen MR) is 56.9 cm³/mol. The highest BCUT2D eigenvalue weighted by Gasteiger charge is 1.94. The Morgan fingerprint density at radius 1 is 1.23 bits per heavy atom. The molecule has 0 radical (unpaired) electrons. The van der Waals surface area contributed by atoms with Crippen LogP contribution in [-0.4, -0.2) is 24.8 Å². The lowest BCUT2D eigenvalue weighted by Crippen LogP contribution is -2.08. The maximum Gasteiger partial charge on any atom is 0.0393 e. The van der Waals surface area contributed by atoms with Crippen LogP contribution < -0.4 is 0 Å². The molecule has 2 heteroatoms. The summed E-state index contributed by atoms with van der Waals surface area (Å²) < 4.78 is 0. The predicted octanol–water partition coefficient (Wildman–Crippen LogP) is 2.17. The zero-order valence-electron chi connectivity index (χ0n) is 8.49. The molecule has 0 aliphatic rings. The van der Waals surface area contributed by atoms with Crippen LogP contribution in [0.1, 0.15) is 12.5 Å². The highest BCUT2D eigenvalue weighted by molar-refractivity contribution is 5.83. The SMILES string of the molecule is CC(Cc1ccccc1)=NN(C)C. The zero-order chi connectivity index (χ0) is 9.68. The van der Waals surface area contributed by atoms with Crippen LogP contribution in [-0.2, 0) is 6.42 Å². The van der Waals surface area contributed by atoms with Gasteiger partial charge in [0.2, 0.25) is 0 Å². The molecule has 0 atom stereocenters. The molecular formula is C11H16N2. The van der Waals surface area contributed by atoms with Gasteiger partial charge in [0.1, 0.15) is 0 Å². The topological polar surface area (TPSA) is 15.6 Å². The van der Waals surface area contributed by atoms with Crippen molar-refractivity contribution in [3.63, 3.8) is 0 Å². The second-order valence-corrected chi connectivity index (χ2v) is 3.34. The summed E-state index contributed by atoms with van der Waals surface area (Å²) in [6.45, 7) is 2.05. The lowest BCUT2D eigenvalue weighted by Gasteiger charge is -2.06. The molecule has 0 heterocycles. The molecular weight excluding hydrogens is 160 g/mol. The van der Waals surface area contributed by atoms with E-state index in [1.807, 2.05) is 32.1 Å². The third kappa shape index (κ3) is 3.74. The Morgan fingerprint density at radius 2 is 1.85 bits per heavy atom. The molecule has 0 spiro atoms. The molecule has 13 heavy (non-hydrogen) atoms. The van der Waals surface area contributed by atoms with E-state index in [4.69, 9.17) is 0 Å². The van der Waals surface area contributed by atoms with Gasteiger partial charge in [0.15, 0.2) is 0 Å². The van der Waals surface area contributed by atoms with Gasteiger partial charge in [0, 0.05) is 26.2 Å². The minimum absolute atomic E-state index is 0.930. The van der Waals surface area contributed by atoms with E-state index < -0.39 is 0 Å². The fourth-order valence-electron chi connectivity index (χ4n) is 1.27. The summed E-state index contributed by atoms with van der Waals surface area (Å²) in [5, 5.41) is 6.15. The number of hydrogen-bond acceptors (Lipinski definition) is 2. The van der Waals surface area contributed by atoms with Gasteiger partial charge >= 0.3 is 0 Å². The first-order valence-corrected chi connectivity index (χ1v) is 4.44. The van der Waals surface area contributed by atoms with Crippen LogP contribution in [0, 0.1) is 0 Å². The number of benzene rings is 1. The highest BCUT2D eigenvalue weighted by Crippen LogP contribution is 2.00. The van der Waals surface area contributed by atoms with E-state index >= 15 is 0 Å². The van der Waals surface area contributed by atoms with E-state index in [0.717, 1.165) is 12.1 Å². The Morgan fingerprint density at radius 3 is 2.38 bits per heavy atom. The Labute approximate surface area is 79.9 Å². The lowest BCUT2D eigenvalue weighted by atomic mass is 10.1. The summed E-state index contributed by atoms with van der Waals surface area (Å²) in [7, 11) is 3.88. The van der Waals surface area contributed by atoms with Gasteiger partial charge in [0.25, 0.3) is 0 Å². The van der Waals surface area contributed by atoms with E-state index in [-0.39, 0.29) is 0 Å². The molecule has 70 valence electrons. The maximum atomic E-state index is 4.32. The third-order valence-corrected chi connectivity index (χ3v) is 1.67. The Hall–Kier alpha value is -1.31. The van der Waals surface area contributed by atoms with Crippen LogP contribution in [0.3, 0.4) is 0 Å². The summed E-state index contributed by atoms with van der Waals surface area (Å²) in [5.74, 6) is 0. The number of rotatable bonds is 3. The normalized spacial score (nSPS) is 11.5. The molecule has 1 rings (SSSR count). The van der Waals surface area contributed by atoms with E-state index in [1.54, 1.807) is 0 Å². The van der Waals surface area contributed by atoms with Crippen molar-refractivity contribution >= 4 is 5.71 Å². The van der Waals surface area contributed by atoms with Gasteiger partial charge in [-0.1, -0.05) is 30.3 Å². The quantitative estimate of drug-likeness (QED) is 0.509. The van der Waals surface area contributed by atoms with E-state index in [1.165, 1.54) is 5.56 Å². The van der Waals surface area contributed by atoms with Gasteiger partial charge in [-0.3, -0.25) is 0 Å². The van der Waals surface area contributed by atoms with Crippen molar-refractivity contribution in [2.45, 2.75) is 13.3 Å². The summed E-state index contributed by atoms with van der Waals surface area (Å²) >= 11 is 0. The van der Waals surface area contributed by atoms with E-state index in [9.17, 15) is 0 Å². The first kappa shape index (κ1) is 9.78. The number of hydrazone groups is 1. The highest BCUT2D eigenvalue weighted by atomic mass is 15.4. The van der Waals surface area contributed by atoms with Gasteiger partial charge < -0.3 is 5.01 Å². The first-order chi connectivity index (χ1) is 6.18. The molecule has 2 nitrogen and oxygen atoms in total. The molecule has 0 aliphatic heterocycles. The van der Waals surface area contributed by atoms with Crippen molar-refractivity contribution in [3.8, 4) is 0 Å². The largest absolute Gasteiger partial charge is 0.303 e. The minimum Gasteiger partial charge on any atom is -0.303 e. The molecule has 0 bridgehead atoms. The van der Waals surface area contributed by atoms with Crippen LogP contribution in [0.2, 0.25) is 0 Å². The molecule has 0 amide bonds. The van der Waals surface area contributed by atoms with Gasteiger partial charge in [-0.25, -0.2) is 0 Å². The van der Waals surface area contributed by atoms with Crippen molar-refractivity contribution < 1.29 is 0 Å². The van der Waals surface area contributed by atoms with Gasteiger partial charge in [-0.15, -0.1) is 0 Å². The zero-order valence-corrected chi connectivity index (χ0v) is 8.49.